The van der Waals surface area contributed by atoms with E-state index >= 15 is 0 Å². The Hall–Kier alpha value is -3.52. The Bertz CT molecular complexity index is 1130. The van der Waals surface area contributed by atoms with Gasteiger partial charge >= 0.3 is 24.7 Å². The molecule has 0 aromatic heterocycles. The van der Waals surface area contributed by atoms with E-state index in [0.717, 1.165) is 25.0 Å². The number of rotatable bonds is 8. The van der Waals surface area contributed by atoms with E-state index in [1.807, 2.05) is 4.90 Å². The molecular weight excluding hydrogens is 538 g/mol. The summed E-state index contributed by atoms with van der Waals surface area (Å²) in [6.45, 7) is 2.68. The predicted octanol–water partition coefficient (Wildman–Crippen LogP) is 4.92. The van der Waals surface area contributed by atoms with Crippen molar-refractivity contribution in [2.75, 3.05) is 33.3 Å². The zero-order valence-corrected chi connectivity index (χ0v) is 20.7. The maximum Gasteiger partial charge on any atom is 0.573 e. The summed E-state index contributed by atoms with van der Waals surface area (Å²) in [7, 11) is 1.26. The molecule has 8 nitrogen and oxygen atoms in total. The highest BCUT2D eigenvalue weighted by molar-refractivity contribution is 5.78. The zero-order valence-electron chi connectivity index (χ0n) is 20.7. The molecule has 2 aromatic rings. The van der Waals surface area contributed by atoms with Crippen LogP contribution in [0.2, 0.25) is 0 Å². The summed E-state index contributed by atoms with van der Waals surface area (Å²) >= 11 is 0. The first-order chi connectivity index (χ1) is 18.3. The van der Waals surface area contributed by atoms with Gasteiger partial charge in [0.1, 0.15) is 23.6 Å². The summed E-state index contributed by atoms with van der Waals surface area (Å²) < 4.78 is 85.4. The van der Waals surface area contributed by atoms with Crippen molar-refractivity contribution >= 4 is 11.9 Å². The van der Waals surface area contributed by atoms with Crippen LogP contribution < -0.4 is 9.47 Å². The number of carboxylic acid groups (broad SMARTS) is 1. The Morgan fingerprint density at radius 3 is 1.51 bits per heavy atom. The van der Waals surface area contributed by atoms with E-state index < -0.39 is 42.5 Å². The first-order valence-corrected chi connectivity index (χ1v) is 11.8. The van der Waals surface area contributed by atoms with Crippen LogP contribution in [-0.4, -0.2) is 72.9 Å². The van der Waals surface area contributed by atoms with Crippen molar-refractivity contribution < 1.29 is 55.2 Å². The van der Waals surface area contributed by atoms with E-state index in [4.69, 9.17) is 4.74 Å². The third-order valence-corrected chi connectivity index (χ3v) is 5.98. The number of ether oxygens (including phenoxy) is 3. The van der Waals surface area contributed by atoms with Crippen molar-refractivity contribution in [1.82, 2.24) is 9.80 Å². The minimum Gasteiger partial charge on any atom is -0.480 e. The number of carbonyl (C=O) groups excluding carboxylic acids is 1. The molecule has 39 heavy (non-hydrogen) atoms. The summed E-state index contributed by atoms with van der Waals surface area (Å²) in [6, 6.07) is 8.91. The van der Waals surface area contributed by atoms with E-state index in [1.165, 1.54) is 37.4 Å². The van der Waals surface area contributed by atoms with Crippen LogP contribution in [-0.2, 0) is 14.3 Å². The van der Waals surface area contributed by atoms with Gasteiger partial charge in [-0.1, -0.05) is 24.3 Å². The van der Waals surface area contributed by atoms with Crippen LogP contribution in [0.25, 0.3) is 0 Å². The Labute approximate surface area is 219 Å². The van der Waals surface area contributed by atoms with Gasteiger partial charge in [-0.05, 0) is 48.2 Å². The van der Waals surface area contributed by atoms with Crippen LogP contribution in [0, 0.1) is 0 Å². The van der Waals surface area contributed by atoms with Crippen LogP contribution in [0.3, 0.4) is 0 Å². The highest BCUT2D eigenvalue weighted by atomic mass is 19.4. The maximum absolute atomic E-state index is 12.2. The number of carbonyl (C=O) groups is 2. The first-order valence-electron chi connectivity index (χ1n) is 11.8. The Kier molecular flexibility index (Phi) is 9.67. The lowest BCUT2D eigenvalue weighted by atomic mass is 10.0. The molecule has 14 heteroatoms. The van der Waals surface area contributed by atoms with E-state index in [9.17, 15) is 41.0 Å². The molecule has 0 aliphatic carbocycles. The molecule has 4 rings (SSSR count). The summed E-state index contributed by atoms with van der Waals surface area (Å²) in [5.41, 5.74) is 0.715. The number of nitrogens with zero attached hydrogens (tertiary/aromatic N) is 2. The second-order valence-electron chi connectivity index (χ2n) is 8.69. The predicted molar refractivity (Wildman–Crippen MR) is 124 cm³/mol. The lowest BCUT2D eigenvalue weighted by Gasteiger charge is -2.36. The van der Waals surface area contributed by atoms with Gasteiger partial charge in [-0.3, -0.25) is 14.6 Å². The molecule has 0 amide bonds. The van der Waals surface area contributed by atoms with Gasteiger partial charge in [0.2, 0.25) is 0 Å². The van der Waals surface area contributed by atoms with Gasteiger partial charge in [0, 0.05) is 26.2 Å². The van der Waals surface area contributed by atoms with Crippen LogP contribution >= 0.6 is 0 Å². The lowest BCUT2D eigenvalue weighted by Crippen LogP contribution is -2.43. The first kappa shape index (κ1) is 30.0. The molecule has 214 valence electrons. The fourth-order valence-electron chi connectivity index (χ4n) is 4.08. The molecule has 2 aromatic carbocycles. The standard InChI is InChI=1S/C13H14F3NO3.C12H12F3NO3/c1-19-12(18)11(17-6-3-7-17)9-4-2-5-10(8-9)20-13(14,15)16;13-12(14,15)19-9-4-1-3-8(7-9)10(11(17)18)16-5-2-6-16/h2,4-5,8,11H,3,6-7H2,1H3;1,3-4,7,10H,2,5-6H2,(H,17,18). The van der Waals surface area contributed by atoms with E-state index in [-0.39, 0.29) is 11.3 Å². The van der Waals surface area contributed by atoms with Gasteiger partial charge in [-0.25, -0.2) is 4.79 Å². The smallest absolute Gasteiger partial charge is 0.480 e. The molecule has 2 heterocycles. The van der Waals surface area contributed by atoms with Gasteiger partial charge < -0.3 is 19.3 Å². The monoisotopic (exact) mass is 564 g/mol. The third kappa shape index (κ3) is 8.75. The largest absolute Gasteiger partial charge is 0.573 e. The van der Waals surface area contributed by atoms with Crippen LogP contribution in [0.15, 0.2) is 48.5 Å². The van der Waals surface area contributed by atoms with Gasteiger partial charge in [0.15, 0.2) is 0 Å². The molecule has 2 atom stereocenters. The van der Waals surface area contributed by atoms with E-state index in [0.29, 0.717) is 31.7 Å². The number of likely N-dealkylation sites (tertiary alicyclic amines) is 2. The number of carboxylic acids is 1. The van der Waals surface area contributed by atoms with Crippen molar-refractivity contribution in [1.29, 1.82) is 0 Å². The Balaban J connectivity index is 0.000000216. The molecule has 0 bridgehead atoms. The molecule has 2 aliphatic rings. The fraction of sp³-hybridized carbons (Fsp3) is 0.440. The van der Waals surface area contributed by atoms with E-state index in [1.54, 1.807) is 11.0 Å². The number of halogens is 6. The SMILES string of the molecule is COC(=O)C(c1cccc(OC(F)(F)F)c1)N1CCC1.O=C(O)C(c1cccc(OC(F)(F)F)c1)N1CCC1. The van der Waals surface area contributed by atoms with Gasteiger partial charge in [-0.2, -0.15) is 0 Å². The van der Waals surface area contributed by atoms with Gasteiger partial charge in [0.25, 0.3) is 0 Å². The van der Waals surface area contributed by atoms with Crippen molar-refractivity contribution in [3.05, 3.63) is 59.7 Å². The van der Waals surface area contributed by atoms with Crippen molar-refractivity contribution in [2.45, 2.75) is 37.7 Å². The molecular formula is C25H26F6N2O6. The summed E-state index contributed by atoms with van der Waals surface area (Å²) in [5.74, 6) is -2.32. The second-order valence-corrected chi connectivity index (χ2v) is 8.69. The number of hydrogen-bond acceptors (Lipinski definition) is 7. The average molecular weight is 564 g/mol. The number of hydrogen-bond donors (Lipinski definition) is 1. The van der Waals surface area contributed by atoms with Crippen molar-refractivity contribution in [3.8, 4) is 11.5 Å². The molecule has 2 aliphatic heterocycles. The highest BCUT2D eigenvalue weighted by Crippen LogP contribution is 2.32. The van der Waals surface area contributed by atoms with Crippen LogP contribution in [0.1, 0.15) is 36.1 Å². The number of esters is 1. The quantitative estimate of drug-likeness (QED) is 0.357. The summed E-state index contributed by atoms with van der Waals surface area (Å²) in [5, 5.41) is 9.18. The van der Waals surface area contributed by atoms with Crippen LogP contribution in [0.5, 0.6) is 11.5 Å². The second kappa shape index (κ2) is 12.6. The molecule has 2 saturated heterocycles. The van der Waals surface area contributed by atoms with E-state index in [2.05, 4.69) is 9.47 Å². The van der Waals surface area contributed by atoms with Gasteiger partial charge in [-0.15, -0.1) is 26.3 Å². The Morgan fingerprint density at radius 2 is 1.18 bits per heavy atom. The minimum atomic E-state index is -4.78. The van der Waals surface area contributed by atoms with Crippen molar-refractivity contribution in [2.24, 2.45) is 0 Å². The number of aliphatic carboxylic acids is 1. The zero-order chi connectivity index (χ0) is 28.8. The number of benzene rings is 2. The number of alkyl halides is 6. The summed E-state index contributed by atoms with van der Waals surface area (Å²) in [4.78, 5) is 26.6. The minimum absolute atomic E-state index is 0.286. The fourth-order valence-corrected chi connectivity index (χ4v) is 4.08. The molecule has 0 saturated carbocycles. The van der Waals surface area contributed by atoms with Gasteiger partial charge in [0.05, 0.1) is 7.11 Å². The average Bonchev–Trinajstić information content (AvgIpc) is 2.76. The number of methoxy groups -OCH3 is 1. The van der Waals surface area contributed by atoms with Crippen molar-refractivity contribution in [3.63, 3.8) is 0 Å². The topological polar surface area (TPSA) is 88.5 Å². The maximum atomic E-state index is 12.2. The third-order valence-electron chi connectivity index (χ3n) is 5.98. The van der Waals surface area contributed by atoms with Crippen LogP contribution in [0.4, 0.5) is 26.3 Å². The summed E-state index contributed by atoms with van der Waals surface area (Å²) in [6.07, 6.45) is -7.70. The molecule has 0 spiro atoms. The Morgan fingerprint density at radius 1 is 0.769 bits per heavy atom. The molecule has 2 fully saturated rings. The lowest BCUT2D eigenvalue weighted by molar-refractivity contribution is -0.275. The molecule has 1 N–H and O–H groups in total. The highest BCUT2D eigenvalue weighted by Gasteiger charge is 2.35. The molecule has 0 radical (unpaired) electrons. The molecule has 2 unspecified atom stereocenters. The normalized spacial score (nSPS) is 17.4.